The first-order valence-corrected chi connectivity index (χ1v) is 3.18. The summed E-state index contributed by atoms with van der Waals surface area (Å²) in [6.07, 6.45) is 0. The summed E-state index contributed by atoms with van der Waals surface area (Å²) in [5.74, 6) is 0. The molecule has 0 saturated heterocycles. The van der Waals surface area contributed by atoms with E-state index >= 15 is 0 Å². The van der Waals surface area contributed by atoms with Crippen molar-refractivity contribution in [3.8, 4) is 0 Å². The number of hydrogen-bond acceptors (Lipinski definition) is 3. The van der Waals surface area contributed by atoms with Gasteiger partial charge in [0.1, 0.15) is 0 Å². The molecule has 0 fully saturated rings. The summed E-state index contributed by atoms with van der Waals surface area (Å²) in [7, 11) is -1.55. The molecule has 0 bridgehead atoms. The van der Waals surface area contributed by atoms with E-state index in [1.807, 2.05) is 0 Å². The zero-order valence-electron chi connectivity index (χ0n) is 4.41. The monoisotopic (exact) mass is 146 g/mol. The predicted molar refractivity (Wildman–Crippen MR) is 34.1 cm³/mol. The Bertz CT molecular complexity index is 200. The number of hydrogen-bond donors (Lipinski definition) is 2. The van der Waals surface area contributed by atoms with Crippen molar-refractivity contribution in [2.75, 3.05) is 0 Å². The van der Waals surface area contributed by atoms with Crippen molar-refractivity contribution in [1.82, 2.24) is 0 Å². The molecule has 1 aromatic heterocycles. The fourth-order valence-electron chi connectivity index (χ4n) is 0.459. The van der Waals surface area contributed by atoms with Crippen LogP contribution in [0, 0.1) is 5.13 Å². The van der Waals surface area contributed by atoms with E-state index in [2.05, 4.69) is 0 Å². The van der Waals surface area contributed by atoms with Gasteiger partial charge in [0, 0.05) is 0 Å². The van der Waals surface area contributed by atoms with Gasteiger partial charge in [-0.15, -0.1) is 11.3 Å². The Kier molecular flexibility index (Phi) is 1.85. The van der Waals surface area contributed by atoms with Crippen LogP contribution >= 0.6 is 11.3 Å². The maximum atomic E-state index is 12.1. The summed E-state index contributed by atoms with van der Waals surface area (Å²) in [5.41, 5.74) is 0.206. The first-order chi connectivity index (χ1) is 4.20. The maximum Gasteiger partial charge on any atom is 0.489 e. The molecule has 9 heavy (non-hydrogen) atoms. The second kappa shape index (κ2) is 2.47. The lowest BCUT2D eigenvalue weighted by atomic mass is 9.83. The molecule has 0 spiro atoms. The quantitative estimate of drug-likeness (QED) is 0.527. The van der Waals surface area contributed by atoms with Gasteiger partial charge in [0.25, 0.3) is 0 Å². The van der Waals surface area contributed by atoms with Crippen LogP contribution < -0.4 is 5.46 Å². The third-order valence-corrected chi connectivity index (χ3v) is 1.62. The largest absolute Gasteiger partial charge is 0.489 e. The third kappa shape index (κ3) is 1.51. The highest BCUT2D eigenvalue weighted by molar-refractivity contribution is 7.09. The average molecular weight is 146 g/mol. The Morgan fingerprint density at radius 3 is 2.44 bits per heavy atom. The predicted octanol–water partition coefficient (Wildman–Crippen LogP) is -0.433. The van der Waals surface area contributed by atoms with Gasteiger partial charge in [-0.25, -0.2) is 0 Å². The molecule has 0 amide bonds. The lowest BCUT2D eigenvalue weighted by Gasteiger charge is -1.87. The molecule has 48 valence electrons. The summed E-state index contributed by atoms with van der Waals surface area (Å²) < 4.78 is 12.1. The molecular weight excluding hydrogens is 142 g/mol. The van der Waals surface area contributed by atoms with Gasteiger partial charge in [-0.3, -0.25) is 0 Å². The summed E-state index contributed by atoms with van der Waals surface area (Å²) in [5, 5.41) is 17.8. The Labute approximate surface area is 55.7 Å². The highest BCUT2D eigenvalue weighted by Crippen LogP contribution is 2.02. The summed E-state index contributed by atoms with van der Waals surface area (Å²) in [6.45, 7) is 0. The zero-order chi connectivity index (χ0) is 6.85. The lowest BCUT2D eigenvalue weighted by Crippen LogP contribution is -2.27. The Morgan fingerprint density at radius 1 is 1.56 bits per heavy atom. The van der Waals surface area contributed by atoms with Crippen LogP contribution in [-0.2, 0) is 0 Å². The van der Waals surface area contributed by atoms with Gasteiger partial charge >= 0.3 is 7.12 Å². The van der Waals surface area contributed by atoms with E-state index in [0.29, 0.717) is 0 Å². The first kappa shape index (κ1) is 6.73. The third-order valence-electron chi connectivity index (χ3n) is 0.886. The van der Waals surface area contributed by atoms with Crippen LogP contribution in [0.1, 0.15) is 0 Å². The molecule has 2 nitrogen and oxygen atoms in total. The second-order valence-electron chi connectivity index (χ2n) is 1.56. The van der Waals surface area contributed by atoms with E-state index in [1.54, 1.807) is 0 Å². The molecule has 1 rings (SSSR count). The number of thiophene rings is 1. The van der Waals surface area contributed by atoms with Crippen molar-refractivity contribution in [3.63, 3.8) is 0 Å². The molecule has 1 heterocycles. The fraction of sp³-hybridized carbons (Fsp3) is 0. The molecule has 0 aromatic carbocycles. The van der Waals surface area contributed by atoms with Gasteiger partial charge < -0.3 is 10.0 Å². The highest BCUT2D eigenvalue weighted by Gasteiger charge is 2.12. The van der Waals surface area contributed by atoms with Crippen LogP contribution in [0.25, 0.3) is 0 Å². The van der Waals surface area contributed by atoms with Crippen molar-refractivity contribution in [3.05, 3.63) is 16.6 Å². The summed E-state index contributed by atoms with van der Waals surface area (Å²) in [6, 6.07) is 1.09. The van der Waals surface area contributed by atoms with E-state index in [-0.39, 0.29) is 5.46 Å². The van der Waals surface area contributed by atoms with Crippen LogP contribution in [0.2, 0.25) is 0 Å². The fourth-order valence-corrected chi connectivity index (χ4v) is 1.10. The molecule has 0 aliphatic heterocycles. The first-order valence-electron chi connectivity index (χ1n) is 2.30. The van der Waals surface area contributed by atoms with Crippen LogP contribution in [0.3, 0.4) is 0 Å². The van der Waals surface area contributed by atoms with Gasteiger partial charge in [-0.2, -0.15) is 4.39 Å². The number of rotatable bonds is 1. The molecular formula is C4H4BFO2S. The van der Waals surface area contributed by atoms with Gasteiger partial charge in [0.2, 0.25) is 0 Å². The maximum absolute atomic E-state index is 12.1. The molecule has 5 heteroatoms. The van der Waals surface area contributed by atoms with E-state index in [4.69, 9.17) is 10.0 Å². The summed E-state index contributed by atoms with van der Waals surface area (Å²) in [4.78, 5) is 0. The molecule has 0 atom stereocenters. The van der Waals surface area contributed by atoms with E-state index in [9.17, 15) is 4.39 Å². The van der Waals surface area contributed by atoms with Crippen molar-refractivity contribution < 1.29 is 14.4 Å². The van der Waals surface area contributed by atoms with Crippen LogP contribution in [0.4, 0.5) is 4.39 Å². The van der Waals surface area contributed by atoms with Gasteiger partial charge in [0.05, 0.1) is 0 Å². The second-order valence-corrected chi connectivity index (χ2v) is 2.42. The molecule has 1 aromatic rings. The van der Waals surface area contributed by atoms with Gasteiger partial charge in [0.15, 0.2) is 5.13 Å². The smallest absolute Gasteiger partial charge is 0.423 e. The van der Waals surface area contributed by atoms with Crippen LogP contribution in [0.15, 0.2) is 11.4 Å². The normalized spacial score (nSPS) is 9.67. The van der Waals surface area contributed by atoms with Crippen LogP contribution in [-0.4, -0.2) is 17.2 Å². The topological polar surface area (TPSA) is 40.5 Å². The van der Waals surface area contributed by atoms with Gasteiger partial charge in [-0.1, -0.05) is 0 Å². The van der Waals surface area contributed by atoms with Crippen LogP contribution in [0.5, 0.6) is 0 Å². The van der Waals surface area contributed by atoms with E-state index < -0.39 is 12.2 Å². The summed E-state index contributed by atoms with van der Waals surface area (Å²) >= 11 is 0.846. The Morgan fingerprint density at radius 2 is 2.22 bits per heavy atom. The van der Waals surface area contributed by atoms with Crippen molar-refractivity contribution >= 4 is 23.9 Å². The molecule has 0 aliphatic carbocycles. The minimum absolute atomic E-state index is 0.206. The van der Waals surface area contributed by atoms with E-state index in [0.717, 1.165) is 17.4 Å². The molecule has 0 aliphatic rings. The SMILES string of the molecule is OB(O)c1csc(F)c1. The minimum Gasteiger partial charge on any atom is -0.423 e. The molecule has 2 N–H and O–H groups in total. The van der Waals surface area contributed by atoms with Crippen molar-refractivity contribution in [1.29, 1.82) is 0 Å². The highest BCUT2D eigenvalue weighted by atomic mass is 32.1. The van der Waals surface area contributed by atoms with Crippen molar-refractivity contribution in [2.24, 2.45) is 0 Å². The lowest BCUT2D eigenvalue weighted by molar-refractivity contribution is 0.425. The molecule has 0 unspecified atom stereocenters. The Balaban J connectivity index is 2.85. The minimum atomic E-state index is -1.55. The Hall–Kier alpha value is -0.385. The van der Waals surface area contributed by atoms with E-state index in [1.165, 1.54) is 5.38 Å². The molecule has 0 radical (unpaired) electrons. The van der Waals surface area contributed by atoms with Gasteiger partial charge in [-0.05, 0) is 16.9 Å². The average Bonchev–Trinajstić information content (AvgIpc) is 2.14. The standard InChI is InChI=1S/C4H4BFO2S/c6-4-1-3(2-9-4)5(7)8/h1-2,7-8H. The zero-order valence-corrected chi connectivity index (χ0v) is 5.23. The number of halogens is 1. The molecule has 0 saturated carbocycles. The van der Waals surface area contributed by atoms with Crippen molar-refractivity contribution in [2.45, 2.75) is 0 Å².